The normalized spacial score (nSPS) is 19.9. The molecule has 0 aliphatic carbocycles. The van der Waals surface area contributed by atoms with Crippen molar-refractivity contribution in [2.45, 2.75) is 39.3 Å². The molecular weight excluding hydrogens is 342 g/mol. The number of likely N-dealkylation sites (tertiary alicyclic amines) is 1. The molecule has 0 spiro atoms. The smallest absolute Gasteiger partial charge is 0.255 e. The van der Waals surface area contributed by atoms with E-state index in [-0.39, 0.29) is 5.91 Å². The van der Waals surface area contributed by atoms with Gasteiger partial charge in [0, 0.05) is 45.0 Å². The van der Waals surface area contributed by atoms with Gasteiger partial charge in [-0.05, 0) is 24.8 Å². The minimum atomic E-state index is 0.0724. The molecule has 4 heterocycles. The number of morpholine rings is 1. The van der Waals surface area contributed by atoms with Crippen LogP contribution in [0.3, 0.4) is 0 Å². The quantitative estimate of drug-likeness (QED) is 0.823. The summed E-state index contributed by atoms with van der Waals surface area (Å²) in [5.74, 6) is 0.599. The van der Waals surface area contributed by atoms with Gasteiger partial charge < -0.3 is 14.2 Å². The number of ether oxygens (including phenoxy) is 1. The Morgan fingerprint density at radius 1 is 1.19 bits per heavy atom. The minimum Gasteiger partial charge on any atom is -0.379 e. The van der Waals surface area contributed by atoms with Crippen molar-refractivity contribution < 1.29 is 9.53 Å². The molecule has 0 atom stereocenters. The number of fused-ring (bicyclic) bond motifs is 1. The largest absolute Gasteiger partial charge is 0.379 e. The number of hydrogen-bond acceptors (Lipinski definition) is 5. The first-order valence-corrected chi connectivity index (χ1v) is 10.0. The molecule has 0 bridgehead atoms. The topological polar surface area (TPSA) is 63.5 Å². The van der Waals surface area contributed by atoms with Gasteiger partial charge in [-0.15, -0.1) is 0 Å². The Hall–Kier alpha value is -1.99. The molecule has 2 fully saturated rings. The van der Waals surface area contributed by atoms with Crippen molar-refractivity contribution in [2.75, 3.05) is 39.4 Å². The van der Waals surface area contributed by atoms with E-state index in [0.717, 1.165) is 69.9 Å². The summed E-state index contributed by atoms with van der Waals surface area (Å²) >= 11 is 0. The molecule has 0 N–H and O–H groups in total. The van der Waals surface area contributed by atoms with Crippen molar-refractivity contribution in [3.8, 4) is 0 Å². The van der Waals surface area contributed by atoms with Gasteiger partial charge in [0.25, 0.3) is 5.91 Å². The van der Waals surface area contributed by atoms with E-state index in [0.29, 0.717) is 17.5 Å². The third-order valence-electron chi connectivity index (χ3n) is 5.58. The summed E-state index contributed by atoms with van der Waals surface area (Å²) in [4.78, 5) is 26.4. The standard InChI is InChI=1S/C20H29N5O2/c1-15(2)13-25-14-22-18-11-16(12-21-19(18)25)20(26)24-5-3-17(4-6-24)23-7-9-27-10-8-23/h11-12,14-15,17H,3-10,13H2,1-2H3. The van der Waals surface area contributed by atoms with E-state index in [9.17, 15) is 4.79 Å². The van der Waals surface area contributed by atoms with E-state index in [2.05, 4.69) is 33.3 Å². The molecule has 146 valence electrons. The predicted molar refractivity (Wildman–Crippen MR) is 104 cm³/mol. The predicted octanol–water partition coefficient (Wildman–Crippen LogP) is 2.02. The number of nitrogens with zero attached hydrogens (tertiary/aromatic N) is 5. The van der Waals surface area contributed by atoms with Crippen LogP contribution in [0.5, 0.6) is 0 Å². The van der Waals surface area contributed by atoms with E-state index < -0.39 is 0 Å². The van der Waals surface area contributed by atoms with E-state index in [1.54, 1.807) is 6.20 Å². The Kier molecular flexibility index (Phi) is 5.41. The SMILES string of the molecule is CC(C)Cn1cnc2cc(C(=O)N3CCC(N4CCOCC4)CC3)cnc21. The molecule has 2 aliphatic rings. The van der Waals surface area contributed by atoms with Gasteiger partial charge in [0.05, 0.1) is 25.1 Å². The van der Waals surface area contributed by atoms with E-state index in [4.69, 9.17) is 4.74 Å². The average Bonchev–Trinajstić information content (AvgIpc) is 3.09. The van der Waals surface area contributed by atoms with Crippen LogP contribution in [0.2, 0.25) is 0 Å². The van der Waals surface area contributed by atoms with E-state index >= 15 is 0 Å². The molecule has 0 saturated carbocycles. The van der Waals surface area contributed by atoms with Gasteiger partial charge in [-0.3, -0.25) is 9.69 Å². The molecule has 2 saturated heterocycles. The van der Waals surface area contributed by atoms with Gasteiger partial charge in [-0.1, -0.05) is 13.8 Å². The van der Waals surface area contributed by atoms with Gasteiger partial charge in [0.15, 0.2) is 5.65 Å². The molecule has 2 aromatic heterocycles. The highest BCUT2D eigenvalue weighted by molar-refractivity contribution is 5.96. The number of aromatic nitrogens is 3. The average molecular weight is 371 g/mol. The number of imidazole rings is 1. The molecular formula is C20H29N5O2. The zero-order valence-electron chi connectivity index (χ0n) is 16.3. The fraction of sp³-hybridized carbons (Fsp3) is 0.650. The fourth-order valence-corrected chi connectivity index (χ4v) is 4.15. The highest BCUT2D eigenvalue weighted by Crippen LogP contribution is 2.21. The first-order valence-electron chi connectivity index (χ1n) is 10.0. The van der Waals surface area contributed by atoms with Crippen LogP contribution in [0.25, 0.3) is 11.2 Å². The highest BCUT2D eigenvalue weighted by Gasteiger charge is 2.28. The van der Waals surface area contributed by atoms with Crippen LogP contribution in [-0.4, -0.2) is 75.7 Å². The maximum Gasteiger partial charge on any atom is 0.255 e. The molecule has 7 nitrogen and oxygen atoms in total. The second-order valence-corrected chi connectivity index (χ2v) is 8.03. The number of piperidine rings is 1. The Balaban J connectivity index is 1.41. The number of rotatable bonds is 4. The zero-order valence-corrected chi connectivity index (χ0v) is 16.3. The molecule has 4 rings (SSSR count). The summed E-state index contributed by atoms with van der Waals surface area (Å²) in [6.07, 6.45) is 5.59. The van der Waals surface area contributed by atoms with Crippen LogP contribution in [0.15, 0.2) is 18.6 Å². The third-order valence-corrected chi connectivity index (χ3v) is 5.58. The molecule has 1 amide bonds. The number of carbonyl (C=O) groups is 1. The molecule has 2 aromatic rings. The molecule has 0 unspecified atom stereocenters. The Labute approximate surface area is 160 Å². The van der Waals surface area contributed by atoms with Crippen molar-refractivity contribution in [3.05, 3.63) is 24.2 Å². The monoisotopic (exact) mass is 371 g/mol. The van der Waals surface area contributed by atoms with Gasteiger partial charge in [-0.2, -0.15) is 0 Å². The van der Waals surface area contributed by atoms with Gasteiger partial charge in [0.2, 0.25) is 0 Å². The van der Waals surface area contributed by atoms with Gasteiger partial charge in [0.1, 0.15) is 5.52 Å². The summed E-state index contributed by atoms with van der Waals surface area (Å²) in [5, 5.41) is 0. The first-order chi connectivity index (χ1) is 13.1. The molecule has 27 heavy (non-hydrogen) atoms. The van der Waals surface area contributed by atoms with Gasteiger partial charge >= 0.3 is 0 Å². The van der Waals surface area contributed by atoms with Crippen molar-refractivity contribution in [1.29, 1.82) is 0 Å². The first kappa shape index (κ1) is 18.4. The lowest BCUT2D eigenvalue weighted by atomic mass is 10.0. The van der Waals surface area contributed by atoms with Crippen LogP contribution < -0.4 is 0 Å². The number of amides is 1. The highest BCUT2D eigenvalue weighted by atomic mass is 16.5. The second kappa shape index (κ2) is 7.94. The maximum atomic E-state index is 12.9. The summed E-state index contributed by atoms with van der Waals surface area (Å²) < 4.78 is 7.50. The Bertz CT molecular complexity index is 789. The van der Waals surface area contributed by atoms with Crippen molar-refractivity contribution in [1.82, 2.24) is 24.3 Å². The Morgan fingerprint density at radius 2 is 1.93 bits per heavy atom. The third kappa shape index (κ3) is 3.99. The van der Waals surface area contributed by atoms with Crippen LogP contribution in [0.4, 0.5) is 0 Å². The summed E-state index contributed by atoms with van der Waals surface area (Å²) in [5.41, 5.74) is 2.29. The lowest BCUT2D eigenvalue weighted by molar-refractivity contribution is 0.00158. The number of hydrogen-bond donors (Lipinski definition) is 0. The van der Waals surface area contributed by atoms with Crippen LogP contribution in [-0.2, 0) is 11.3 Å². The number of pyridine rings is 1. The van der Waals surface area contributed by atoms with Crippen LogP contribution in [0, 0.1) is 5.92 Å². The maximum absolute atomic E-state index is 12.9. The van der Waals surface area contributed by atoms with Crippen LogP contribution >= 0.6 is 0 Å². The second-order valence-electron chi connectivity index (χ2n) is 8.03. The van der Waals surface area contributed by atoms with Crippen molar-refractivity contribution in [3.63, 3.8) is 0 Å². The summed E-state index contributed by atoms with van der Waals surface area (Å²) in [6, 6.07) is 2.46. The molecule has 2 aliphatic heterocycles. The summed E-state index contributed by atoms with van der Waals surface area (Å²) in [7, 11) is 0. The zero-order chi connectivity index (χ0) is 18.8. The minimum absolute atomic E-state index is 0.0724. The number of carbonyl (C=O) groups excluding carboxylic acids is 1. The van der Waals surface area contributed by atoms with Crippen molar-refractivity contribution >= 4 is 17.1 Å². The molecule has 0 radical (unpaired) electrons. The van der Waals surface area contributed by atoms with E-state index in [1.807, 2.05) is 17.3 Å². The van der Waals surface area contributed by atoms with Gasteiger partial charge in [-0.25, -0.2) is 9.97 Å². The van der Waals surface area contributed by atoms with E-state index in [1.165, 1.54) is 0 Å². The van der Waals surface area contributed by atoms with Crippen LogP contribution in [0.1, 0.15) is 37.0 Å². The molecule has 7 heteroatoms. The lowest BCUT2D eigenvalue weighted by Gasteiger charge is -2.40. The van der Waals surface area contributed by atoms with Crippen molar-refractivity contribution in [2.24, 2.45) is 5.92 Å². The lowest BCUT2D eigenvalue weighted by Crippen LogP contribution is -2.50. The molecule has 0 aromatic carbocycles. The Morgan fingerprint density at radius 3 is 2.63 bits per heavy atom. The summed E-state index contributed by atoms with van der Waals surface area (Å²) in [6.45, 7) is 10.5. The fourth-order valence-electron chi connectivity index (χ4n) is 4.15.